The van der Waals surface area contributed by atoms with Gasteiger partial charge in [0.25, 0.3) is 0 Å². The van der Waals surface area contributed by atoms with Crippen LogP contribution in [0.25, 0.3) is 0 Å². The summed E-state index contributed by atoms with van der Waals surface area (Å²) in [6.07, 6.45) is 0. The predicted octanol–water partition coefficient (Wildman–Crippen LogP) is 6.39. The van der Waals surface area contributed by atoms with Crippen LogP contribution in [0, 0.1) is 0 Å². The van der Waals surface area contributed by atoms with Crippen LogP contribution < -0.4 is 10.1 Å². The average molecular weight is 453 g/mol. The van der Waals surface area contributed by atoms with Gasteiger partial charge in [-0.3, -0.25) is 0 Å². The molecule has 0 aliphatic heterocycles. The van der Waals surface area contributed by atoms with E-state index in [1.165, 1.54) is 11.1 Å². The fourth-order valence-electron chi connectivity index (χ4n) is 2.46. The fraction of sp³-hybridized carbons (Fsp3) is 0.143. The summed E-state index contributed by atoms with van der Waals surface area (Å²) in [4.78, 5) is 0. The molecule has 0 spiro atoms. The van der Waals surface area contributed by atoms with Crippen LogP contribution in [0.15, 0.2) is 77.3 Å². The molecule has 3 aromatic carbocycles. The molecule has 136 valence electrons. The van der Waals surface area contributed by atoms with Crippen LogP contribution in [0.4, 0.5) is 0 Å². The number of hydrogen-bond donors (Lipinski definition) is 1. The molecule has 5 heteroatoms. The van der Waals surface area contributed by atoms with Gasteiger partial charge >= 0.3 is 0 Å². The first kappa shape index (κ1) is 20.8. The number of benzene rings is 3. The largest absolute Gasteiger partial charge is 0.488 e. The summed E-state index contributed by atoms with van der Waals surface area (Å²) >= 11 is 9.49. The van der Waals surface area contributed by atoms with E-state index >= 15 is 0 Å². The number of hydrogen-bond acceptors (Lipinski definition) is 2. The predicted molar refractivity (Wildman–Crippen MR) is 114 cm³/mol. The zero-order valence-corrected chi connectivity index (χ0v) is 17.3. The highest BCUT2D eigenvalue weighted by Crippen LogP contribution is 2.27. The minimum absolute atomic E-state index is 0. The molecule has 0 bridgehead atoms. The number of rotatable bonds is 7. The highest BCUT2D eigenvalue weighted by Gasteiger charge is 2.04. The van der Waals surface area contributed by atoms with E-state index < -0.39 is 0 Å². The monoisotopic (exact) mass is 451 g/mol. The van der Waals surface area contributed by atoms with Crippen LogP contribution in [0.3, 0.4) is 0 Å². The molecule has 0 aromatic heterocycles. The number of halogens is 3. The molecular formula is C21H20BrCl2NO. The lowest BCUT2D eigenvalue weighted by molar-refractivity contribution is 0.304. The summed E-state index contributed by atoms with van der Waals surface area (Å²) in [6, 6.07) is 24.2. The minimum atomic E-state index is 0. The van der Waals surface area contributed by atoms with Gasteiger partial charge in [-0.15, -0.1) is 12.4 Å². The Bertz CT molecular complexity index is 810. The normalized spacial score (nSPS) is 10.2. The van der Waals surface area contributed by atoms with Crippen molar-refractivity contribution in [2.45, 2.75) is 19.7 Å². The van der Waals surface area contributed by atoms with Crippen LogP contribution in [-0.2, 0) is 19.7 Å². The SMILES string of the molecule is Cl.Clc1ccc(COc2ccc(CNCc3ccccc3)cc2Br)cc1. The minimum Gasteiger partial charge on any atom is -0.488 e. The summed E-state index contributed by atoms with van der Waals surface area (Å²) < 4.78 is 6.84. The molecular weight excluding hydrogens is 433 g/mol. The molecule has 0 radical (unpaired) electrons. The van der Waals surface area contributed by atoms with Gasteiger partial charge < -0.3 is 10.1 Å². The third-order valence-electron chi connectivity index (χ3n) is 3.80. The second-order valence-electron chi connectivity index (χ2n) is 5.77. The molecule has 26 heavy (non-hydrogen) atoms. The molecule has 3 aromatic rings. The number of nitrogens with one attached hydrogen (secondary N) is 1. The highest BCUT2D eigenvalue weighted by atomic mass is 79.9. The number of ether oxygens (including phenoxy) is 1. The zero-order valence-electron chi connectivity index (χ0n) is 14.1. The summed E-state index contributed by atoms with van der Waals surface area (Å²) in [6.45, 7) is 2.18. The average Bonchev–Trinajstić information content (AvgIpc) is 2.63. The molecule has 2 nitrogen and oxygen atoms in total. The van der Waals surface area contributed by atoms with Gasteiger partial charge in [-0.2, -0.15) is 0 Å². The summed E-state index contributed by atoms with van der Waals surface area (Å²) in [7, 11) is 0. The van der Waals surface area contributed by atoms with Gasteiger partial charge in [0.2, 0.25) is 0 Å². The summed E-state index contributed by atoms with van der Waals surface area (Å²) in [5.74, 6) is 0.835. The fourth-order valence-corrected chi connectivity index (χ4v) is 3.13. The van der Waals surface area contributed by atoms with Crippen LogP contribution in [0.5, 0.6) is 5.75 Å². The van der Waals surface area contributed by atoms with E-state index in [-0.39, 0.29) is 12.4 Å². The Morgan fingerprint density at radius 1 is 0.808 bits per heavy atom. The van der Waals surface area contributed by atoms with E-state index in [4.69, 9.17) is 16.3 Å². The second kappa shape index (κ2) is 10.6. The third kappa shape index (κ3) is 6.33. The summed E-state index contributed by atoms with van der Waals surface area (Å²) in [5.41, 5.74) is 3.58. The lowest BCUT2D eigenvalue weighted by atomic mass is 10.2. The van der Waals surface area contributed by atoms with Crippen molar-refractivity contribution in [1.82, 2.24) is 5.32 Å². The van der Waals surface area contributed by atoms with Gasteiger partial charge in [0.05, 0.1) is 4.47 Å². The van der Waals surface area contributed by atoms with Gasteiger partial charge in [0.1, 0.15) is 12.4 Å². The molecule has 3 rings (SSSR count). The van der Waals surface area contributed by atoms with Crippen LogP contribution in [-0.4, -0.2) is 0 Å². The van der Waals surface area contributed by atoms with Gasteiger partial charge in [-0.1, -0.05) is 60.1 Å². The quantitative estimate of drug-likeness (QED) is 0.448. The Kier molecular flexibility index (Phi) is 8.46. The van der Waals surface area contributed by atoms with E-state index in [2.05, 4.69) is 57.6 Å². The molecule has 0 saturated heterocycles. The Hall–Kier alpha value is -1.52. The lowest BCUT2D eigenvalue weighted by Crippen LogP contribution is -2.12. The molecule has 0 amide bonds. The smallest absolute Gasteiger partial charge is 0.134 e. The van der Waals surface area contributed by atoms with E-state index in [1.807, 2.05) is 36.4 Å². The van der Waals surface area contributed by atoms with E-state index in [0.717, 1.165) is 33.9 Å². The lowest BCUT2D eigenvalue weighted by Gasteiger charge is -2.11. The first-order chi connectivity index (χ1) is 12.2. The van der Waals surface area contributed by atoms with Crippen molar-refractivity contribution < 1.29 is 4.74 Å². The van der Waals surface area contributed by atoms with Crippen LogP contribution in [0.2, 0.25) is 5.02 Å². The molecule has 0 saturated carbocycles. The first-order valence-corrected chi connectivity index (χ1v) is 9.28. The van der Waals surface area contributed by atoms with E-state index in [0.29, 0.717) is 6.61 Å². The maximum Gasteiger partial charge on any atom is 0.134 e. The van der Waals surface area contributed by atoms with Crippen molar-refractivity contribution in [3.63, 3.8) is 0 Å². The van der Waals surface area contributed by atoms with Crippen LogP contribution >= 0.6 is 39.9 Å². The maximum atomic E-state index is 5.90. The molecule has 0 heterocycles. The van der Waals surface area contributed by atoms with Gasteiger partial charge in [0.15, 0.2) is 0 Å². The first-order valence-electron chi connectivity index (χ1n) is 8.11. The van der Waals surface area contributed by atoms with Crippen molar-refractivity contribution in [3.05, 3.63) is 99.0 Å². The third-order valence-corrected chi connectivity index (χ3v) is 4.68. The van der Waals surface area contributed by atoms with Crippen molar-refractivity contribution in [2.75, 3.05) is 0 Å². The maximum absolute atomic E-state index is 5.90. The highest BCUT2D eigenvalue weighted by molar-refractivity contribution is 9.10. The molecule has 1 N–H and O–H groups in total. The van der Waals surface area contributed by atoms with E-state index in [1.54, 1.807) is 0 Å². The molecule has 0 atom stereocenters. The van der Waals surface area contributed by atoms with E-state index in [9.17, 15) is 0 Å². The topological polar surface area (TPSA) is 21.3 Å². The van der Waals surface area contributed by atoms with Crippen molar-refractivity contribution in [3.8, 4) is 5.75 Å². The molecule has 0 aliphatic rings. The van der Waals surface area contributed by atoms with Crippen molar-refractivity contribution >= 4 is 39.9 Å². The second-order valence-corrected chi connectivity index (χ2v) is 7.06. The Labute approximate surface area is 174 Å². The van der Waals surface area contributed by atoms with Gasteiger partial charge in [-0.05, 0) is 56.9 Å². The zero-order chi connectivity index (χ0) is 17.5. The van der Waals surface area contributed by atoms with Crippen LogP contribution in [0.1, 0.15) is 16.7 Å². The van der Waals surface area contributed by atoms with Crippen molar-refractivity contribution in [1.29, 1.82) is 0 Å². The Morgan fingerprint density at radius 3 is 2.15 bits per heavy atom. The van der Waals surface area contributed by atoms with Crippen molar-refractivity contribution in [2.24, 2.45) is 0 Å². The Morgan fingerprint density at radius 2 is 1.46 bits per heavy atom. The van der Waals surface area contributed by atoms with Gasteiger partial charge in [0, 0.05) is 18.1 Å². The molecule has 0 unspecified atom stereocenters. The summed E-state index contributed by atoms with van der Waals surface area (Å²) in [5, 5.41) is 4.19. The molecule has 0 fully saturated rings. The van der Waals surface area contributed by atoms with Gasteiger partial charge in [-0.25, -0.2) is 0 Å². The standard InChI is InChI=1S/C21H19BrClNO.ClH/c22-20-12-18(14-24-13-16-4-2-1-3-5-16)8-11-21(20)25-15-17-6-9-19(23)10-7-17;/h1-12,24H,13-15H2;1H. The Balaban J connectivity index is 0.00000243. The molecule has 0 aliphatic carbocycles.